The molecule has 0 unspecified atom stereocenters. The van der Waals surface area contributed by atoms with E-state index in [1.165, 1.54) is 5.56 Å². The van der Waals surface area contributed by atoms with Gasteiger partial charge in [0.15, 0.2) is 11.8 Å². The maximum atomic E-state index is 9.06. The molecule has 29 heavy (non-hydrogen) atoms. The number of benzene rings is 2. The van der Waals surface area contributed by atoms with Crippen molar-refractivity contribution in [3.63, 3.8) is 0 Å². The molecule has 0 saturated carbocycles. The van der Waals surface area contributed by atoms with E-state index in [9.17, 15) is 0 Å². The van der Waals surface area contributed by atoms with Gasteiger partial charge in [-0.05, 0) is 55.2 Å². The highest BCUT2D eigenvalue weighted by Crippen LogP contribution is 2.32. The molecule has 0 bridgehead atoms. The molecule has 0 amide bonds. The van der Waals surface area contributed by atoms with E-state index in [4.69, 9.17) is 15.0 Å². The second-order valence-corrected chi connectivity index (χ2v) is 7.35. The van der Waals surface area contributed by atoms with Crippen LogP contribution in [0.2, 0.25) is 0 Å². The number of hydrogen-bond donors (Lipinski definition) is 1. The minimum absolute atomic E-state index is 0.435. The van der Waals surface area contributed by atoms with Crippen LogP contribution in [0.4, 0.5) is 0 Å². The number of para-hydroxylation sites is 1. The predicted octanol–water partition coefficient (Wildman–Crippen LogP) is 4.78. The number of hydrogen-bond acceptors (Lipinski definition) is 4. The first-order chi connectivity index (χ1) is 14.3. The van der Waals surface area contributed by atoms with Gasteiger partial charge in [-0.25, -0.2) is 9.50 Å². The average Bonchev–Trinajstić information content (AvgIpc) is 3.36. The summed E-state index contributed by atoms with van der Waals surface area (Å²) in [6.07, 6.45) is 8.28. The summed E-state index contributed by atoms with van der Waals surface area (Å²) in [6, 6.07) is 17.8. The Hall–Kier alpha value is -3.72. The Morgan fingerprint density at radius 3 is 2.45 bits per heavy atom. The molecule has 6 nitrogen and oxygen atoms in total. The lowest BCUT2D eigenvalue weighted by Gasteiger charge is -2.27. The highest BCUT2D eigenvalue weighted by Gasteiger charge is 2.23. The normalized spacial score (nSPS) is 14.8. The van der Waals surface area contributed by atoms with Crippen molar-refractivity contribution in [2.45, 2.75) is 18.8 Å². The number of imidazole rings is 1. The topological polar surface area (TPSA) is 69.4 Å². The number of nitriles is 1. The van der Waals surface area contributed by atoms with Crippen molar-refractivity contribution in [1.82, 2.24) is 19.5 Å². The van der Waals surface area contributed by atoms with Gasteiger partial charge in [-0.15, -0.1) is 0 Å². The first kappa shape index (κ1) is 17.4. The lowest BCUT2D eigenvalue weighted by atomic mass is 9.91. The fraction of sp³-hybridized carbons (Fsp3) is 0.217. The van der Waals surface area contributed by atoms with E-state index in [2.05, 4.69) is 17.5 Å². The Labute approximate surface area is 169 Å². The summed E-state index contributed by atoms with van der Waals surface area (Å²) in [5.74, 6) is 2.06. The van der Waals surface area contributed by atoms with Crippen LogP contribution < -0.4 is 4.74 Å². The lowest BCUT2D eigenvalue weighted by Crippen LogP contribution is -2.28. The van der Waals surface area contributed by atoms with Crippen LogP contribution in [0.25, 0.3) is 16.9 Å². The third-order valence-electron chi connectivity index (χ3n) is 5.53. The first-order valence-corrected chi connectivity index (χ1v) is 9.84. The van der Waals surface area contributed by atoms with Crippen molar-refractivity contribution < 1.29 is 4.74 Å². The van der Waals surface area contributed by atoms with E-state index in [0.717, 1.165) is 54.3 Å². The van der Waals surface area contributed by atoms with Crippen LogP contribution in [0.1, 0.15) is 24.3 Å². The first-order valence-electron chi connectivity index (χ1n) is 9.84. The highest BCUT2D eigenvalue weighted by molar-refractivity contribution is 5.65. The van der Waals surface area contributed by atoms with Crippen LogP contribution in [0.3, 0.4) is 0 Å². The lowest BCUT2D eigenvalue weighted by molar-refractivity contribution is 0.296. The van der Waals surface area contributed by atoms with Crippen LogP contribution in [0.5, 0.6) is 11.5 Å². The predicted molar refractivity (Wildman–Crippen MR) is 111 cm³/mol. The molecule has 1 aliphatic heterocycles. The van der Waals surface area contributed by atoms with E-state index in [0.29, 0.717) is 5.92 Å². The Kier molecular flexibility index (Phi) is 4.41. The zero-order valence-electron chi connectivity index (χ0n) is 16.0. The number of aromatic nitrogens is 3. The number of rotatable bonds is 4. The molecule has 5 rings (SSSR count). The molecule has 1 aliphatic rings. The van der Waals surface area contributed by atoms with E-state index in [-0.39, 0.29) is 0 Å². The average molecular weight is 383 g/mol. The monoisotopic (exact) mass is 383 g/mol. The quantitative estimate of drug-likeness (QED) is 0.515. The van der Waals surface area contributed by atoms with Gasteiger partial charge in [-0.3, -0.25) is 5.10 Å². The second kappa shape index (κ2) is 7.36. The summed E-state index contributed by atoms with van der Waals surface area (Å²) in [6.45, 7) is 1.63. The van der Waals surface area contributed by atoms with Crippen LogP contribution in [-0.4, -0.2) is 32.6 Å². The van der Waals surface area contributed by atoms with Gasteiger partial charge in [-0.1, -0.05) is 18.2 Å². The Balaban J connectivity index is 1.36. The van der Waals surface area contributed by atoms with Gasteiger partial charge in [0.25, 0.3) is 0 Å². The Morgan fingerprint density at radius 2 is 1.72 bits per heavy atom. The maximum Gasteiger partial charge on any atom is 0.179 e. The highest BCUT2D eigenvalue weighted by atomic mass is 16.5. The molecule has 1 fully saturated rings. The number of nitrogens with one attached hydrogen (secondary N) is 1. The van der Waals surface area contributed by atoms with Crippen molar-refractivity contribution in [3.8, 4) is 28.9 Å². The zero-order valence-corrected chi connectivity index (χ0v) is 16.0. The molecule has 3 heterocycles. The molecule has 0 spiro atoms. The van der Waals surface area contributed by atoms with E-state index < -0.39 is 0 Å². The standard InChI is InChI=1S/C23H21N5O/c24-16-27-12-10-17(11-13-27)21-14-25-28-15-22(26-23(21)28)18-6-8-20(9-7-18)29-19-4-2-1-3-5-19/h1-9,14-15,17,25H,10-13H2. The molecular weight excluding hydrogens is 362 g/mol. The fourth-order valence-electron chi connectivity index (χ4n) is 3.93. The van der Waals surface area contributed by atoms with Gasteiger partial charge < -0.3 is 9.64 Å². The van der Waals surface area contributed by atoms with Crippen molar-refractivity contribution in [1.29, 1.82) is 5.26 Å². The number of fused-ring (bicyclic) bond motifs is 1. The number of nitrogens with zero attached hydrogens (tertiary/aromatic N) is 4. The summed E-state index contributed by atoms with van der Waals surface area (Å²) < 4.78 is 7.85. The SMILES string of the molecule is N#CN1CCC(c2c[nH]n3cc(-c4ccc(Oc5ccccc5)cc4)nc23)CC1. The minimum atomic E-state index is 0.435. The summed E-state index contributed by atoms with van der Waals surface area (Å²) in [7, 11) is 0. The molecule has 1 saturated heterocycles. The largest absolute Gasteiger partial charge is 0.457 e. The summed E-state index contributed by atoms with van der Waals surface area (Å²) in [4.78, 5) is 6.71. The molecule has 0 radical (unpaired) electrons. The molecular formula is C23H21N5O. The summed E-state index contributed by atoms with van der Waals surface area (Å²) in [5.41, 5.74) is 4.18. The molecule has 6 heteroatoms. The number of likely N-dealkylation sites (tertiary alicyclic amines) is 1. The van der Waals surface area contributed by atoms with Gasteiger partial charge in [0.1, 0.15) is 11.5 Å². The molecule has 144 valence electrons. The van der Waals surface area contributed by atoms with Crippen molar-refractivity contribution in [3.05, 3.63) is 72.6 Å². The maximum absolute atomic E-state index is 9.06. The third-order valence-corrected chi connectivity index (χ3v) is 5.53. The van der Waals surface area contributed by atoms with E-state index in [1.807, 2.05) is 70.2 Å². The Morgan fingerprint density at radius 1 is 1.00 bits per heavy atom. The van der Waals surface area contributed by atoms with Crippen LogP contribution in [0, 0.1) is 11.5 Å². The van der Waals surface area contributed by atoms with E-state index >= 15 is 0 Å². The number of piperidine rings is 1. The van der Waals surface area contributed by atoms with Gasteiger partial charge in [0.05, 0.1) is 11.9 Å². The second-order valence-electron chi connectivity index (χ2n) is 7.35. The Bertz CT molecular complexity index is 1150. The third kappa shape index (κ3) is 3.43. The molecule has 2 aromatic carbocycles. The smallest absolute Gasteiger partial charge is 0.179 e. The van der Waals surface area contributed by atoms with Crippen molar-refractivity contribution >= 4 is 5.65 Å². The minimum Gasteiger partial charge on any atom is -0.457 e. The fourth-order valence-corrected chi connectivity index (χ4v) is 3.93. The van der Waals surface area contributed by atoms with Crippen molar-refractivity contribution in [2.75, 3.05) is 13.1 Å². The van der Waals surface area contributed by atoms with Gasteiger partial charge in [0.2, 0.25) is 0 Å². The summed E-state index contributed by atoms with van der Waals surface area (Å²) >= 11 is 0. The zero-order chi connectivity index (χ0) is 19.6. The van der Waals surface area contributed by atoms with E-state index in [1.54, 1.807) is 0 Å². The number of aromatic amines is 1. The van der Waals surface area contributed by atoms with Crippen molar-refractivity contribution in [2.24, 2.45) is 0 Å². The molecule has 2 aromatic heterocycles. The molecule has 4 aromatic rings. The molecule has 1 N–H and O–H groups in total. The van der Waals surface area contributed by atoms with Crippen LogP contribution >= 0.6 is 0 Å². The number of ether oxygens (including phenoxy) is 1. The van der Waals surface area contributed by atoms with Gasteiger partial charge in [0, 0.05) is 30.4 Å². The number of H-pyrrole nitrogens is 1. The van der Waals surface area contributed by atoms with Crippen LogP contribution in [0.15, 0.2) is 67.0 Å². The summed E-state index contributed by atoms with van der Waals surface area (Å²) in [5, 5.41) is 12.4. The van der Waals surface area contributed by atoms with Crippen LogP contribution in [-0.2, 0) is 0 Å². The van der Waals surface area contributed by atoms with Gasteiger partial charge >= 0.3 is 0 Å². The molecule has 0 atom stereocenters. The van der Waals surface area contributed by atoms with Gasteiger partial charge in [-0.2, -0.15) is 5.26 Å². The molecule has 0 aliphatic carbocycles.